The molecule has 12 heteroatoms. The third-order valence-corrected chi connectivity index (χ3v) is 7.42. The summed E-state index contributed by atoms with van der Waals surface area (Å²) in [5, 5.41) is 10.3. The Kier molecular flexibility index (Phi) is 6.62. The molecule has 0 saturated carbocycles. The van der Waals surface area contributed by atoms with E-state index in [1.165, 1.54) is 9.47 Å². The number of hydrogen-bond acceptors (Lipinski definition) is 7. The van der Waals surface area contributed by atoms with Gasteiger partial charge in [0.2, 0.25) is 11.9 Å². The van der Waals surface area contributed by atoms with Crippen molar-refractivity contribution in [2.45, 2.75) is 44.5 Å². The monoisotopic (exact) mass is 515 g/mol. The molecule has 2 saturated heterocycles. The number of carbonyl (C=O) groups is 1. The minimum Gasteiger partial charge on any atom is -0.391 e. The number of imidazole rings is 1. The predicted molar refractivity (Wildman–Crippen MR) is 136 cm³/mol. The molecule has 4 heterocycles. The van der Waals surface area contributed by atoms with Crippen LogP contribution in [0.15, 0.2) is 33.9 Å². The van der Waals surface area contributed by atoms with Gasteiger partial charge in [0, 0.05) is 44.3 Å². The lowest BCUT2D eigenvalue weighted by Gasteiger charge is -2.32. The van der Waals surface area contributed by atoms with Crippen LogP contribution in [0.25, 0.3) is 11.2 Å². The third kappa shape index (κ3) is 4.42. The van der Waals surface area contributed by atoms with Crippen LogP contribution in [0.5, 0.6) is 0 Å². The first kappa shape index (κ1) is 24.5. The summed E-state index contributed by atoms with van der Waals surface area (Å²) in [6.45, 7) is 1.73. The van der Waals surface area contributed by atoms with E-state index in [2.05, 4.69) is 0 Å². The summed E-state index contributed by atoms with van der Waals surface area (Å²) in [6.07, 6.45) is 1.67. The van der Waals surface area contributed by atoms with Crippen molar-refractivity contribution < 1.29 is 9.90 Å². The van der Waals surface area contributed by atoms with Crippen LogP contribution >= 0.6 is 11.6 Å². The van der Waals surface area contributed by atoms with Crippen molar-refractivity contribution in [3.05, 3.63) is 55.7 Å². The SMILES string of the molecule is Cn1c(=O)n(CC(=O)N2CC[C@@H](O)C2)c(=O)c2c1nc(N1CCC[C@@H](N)C1)n2Cc1ccccc1Cl. The van der Waals surface area contributed by atoms with Crippen LogP contribution in [-0.2, 0) is 24.9 Å². The minimum atomic E-state index is -0.620. The number of carbonyl (C=O) groups excluding carboxylic acids is 1. The maximum Gasteiger partial charge on any atom is 0.332 e. The summed E-state index contributed by atoms with van der Waals surface area (Å²) in [7, 11) is 1.54. The molecular formula is C24H30ClN7O4. The van der Waals surface area contributed by atoms with Crippen molar-refractivity contribution in [3.63, 3.8) is 0 Å². The number of nitrogens with zero attached hydrogens (tertiary/aromatic N) is 6. The third-order valence-electron chi connectivity index (χ3n) is 7.05. The first-order valence-electron chi connectivity index (χ1n) is 12.1. The molecule has 2 fully saturated rings. The average Bonchev–Trinajstić information content (AvgIpc) is 3.46. The Morgan fingerprint density at radius 2 is 1.94 bits per heavy atom. The second-order valence-electron chi connectivity index (χ2n) is 9.63. The first-order valence-corrected chi connectivity index (χ1v) is 12.5. The number of halogens is 1. The van der Waals surface area contributed by atoms with Crippen molar-refractivity contribution in [2.75, 3.05) is 31.1 Å². The minimum absolute atomic E-state index is 0.0266. The molecule has 0 unspecified atom stereocenters. The molecule has 3 N–H and O–H groups in total. The van der Waals surface area contributed by atoms with Gasteiger partial charge in [-0.25, -0.2) is 9.36 Å². The highest BCUT2D eigenvalue weighted by molar-refractivity contribution is 6.31. The molecule has 36 heavy (non-hydrogen) atoms. The fourth-order valence-electron chi connectivity index (χ4n) is 5.08. The standard InChI is InChI=1S/C24H30ClN7O4/c1-28-21-20(22(35)32(24(28)36)14-19(34)29-10-8-17(33)13-29)31(11-15-5-2-3-7-18(15)25)23(27-21)30-9-4-6-16(26)12-30/h2-3,5,7,16-17,33H,4,6,8-14,26H2,1H3/t16-,17-/m1/s1. The number of fused-ring (bicyclic) bond motifs is 1. The van der Waals surface area contributed by atoms with Gasteiger partial charge in [0.15, 0.2) is 11.2 Å². The van der Waals surface area contributed by atoms with E-state index in [1.54, 1.807) is 17.7 Å². The van der Waals surface area contributed by atoms with Gasteiger partial charge in [0.25, 0.3) is 5.56 Å². The lowest BCUT2D eigenvalue weighted by atomic mass is 10.1. The number of hydrogen-bond donors (Lipinski definition) is 2. The average molecular weight is 516 g/mol. The number of β-amino-alcohol motifs (C(OH)–C–C–N with tert-alkyl or cyclic N) is 1. The van der Waals surface area contributed by atoms with E-state index in [-0.39, 0.29) is 36.2 Å². The number of rotatable bonds is 5. The van der Waals surface area contributed by atoms with Crippen LogP contribution in [0.3, 0.4) is 0 Å². The number of nitrogens with two attached hydrogens (primary N) is 1. The maximum absolute atomic E-state index is 13.8. The van der Waals surface area contributed by atoms with Crippen molar-refractivity contribution in [2.24, 2.45) is 12.8 Å². The highest BCUT2D eigenvalue weighted by Crippen LogP contribution is 2.26. The second kappa shape index (κ2) is 9.72. The van der Waals surface area contributed by atoms with E-state index in [9.17, 15) is 19.5 Å². The zero-order valence-electron chi connectivity index (χ0n) is 20.1. The van der Waals surface area contributed by atoms with E-state index < -0.39 is 23.9 Å². The number of likely N-dealkylation sites (tertiary alicyclic amines) is 1. The topological polar surface area (TPSA) is 132 Å². The van der Waals surface area contributed by atoms with Crippen LogP contribution < -0.4 is 21.9 Å². The zero-order chi connectivity index (χ0) is 25.6. The Morgan fingerprint density at radius 3 is 2.64 bits per heavy atom. The molecule has 11 nitrogen and oxygen atoms in total. The van der Waals surface area contributed by atoms with Gasteiger partial charge in [-0.3, -0.25) is 18.7 Å². The van der Waals surface area contributed by atoms with Gasteiger partial charge in [-0.1, -0.05) is 29.8 Å². The molecule has 5 rings (SSSR count). The number of aromatic nitrogens is 4. The molecule has 3 aromatic rings. The predicted octanol–water partition coefficient (Wildman–Crippen LogP) is 0.119. The Labute approximate surface area is 212 Å². The second-order valence-corrected chi connectivity index (χ2v) is 10.0. The van der Waals surface area contributed by atoms with Crippen LogP contribution in [-0.4, -0.2) is 72.9 Å². The number of anilines is 1. The summed E-state index contributed by atoms with van der Waals surface area (Å²) in [5.74, 6) is 0.156. The van der Waals surface area contributed by atoms with Crippen molar-refractivity contribution in [3.8, 4) is 0 Å². The fourth-order valence-corrected chi connectivity index (χ4v) is 5.28. The molecular weight excluding hydrogens is 486 g/mol. The van der Waals surface area contributed by atoms with E-state index >= 15 is 0 Å². The molecule has 0 bridgehead atoms. The molecule has 0 radical (unpaired) electrons. The van der Waals surface area contributed by atoms with E-state index in [0.717, 1.165) is 29.5 Å². The van der Waals surface area contributed by atoms with E-state index in [1.807, 2.05) is 23.1 Å². The van der Waals surface area contributed by atoms with Crippen molar-refractivity contribution in [1.82, 2.24) is 23.6 Å². The summed E-state index contributed by atoms with van der Waals surface area (Å²) < 4.78 is 4.03. The summed E-state index contributed by atoms with van der Waals surface area (Å²) in [6, 6.07) is 7.33. The maximum atomic E-state index is 13.8. The molecule has 2 aliphatic rings. The lowest BCUT2D eigenvalue weighted by Crippen LogP contribution is -2.44. The van der Waals surface area contributed by atoms with Gasteiger partial charge < -0.3 is 20.6 Å². The van der Waals surface area contributed by atoms with Gasteiger partial charge in [-0.2, -0.15) is 4.98 Å². The van der Waals surface area contributed by atoms with Crippen molar-refractivity contribution >= 4 is 34.6 Å². The Bertz CT molecular complexity index is 1430. The van der Waals surface area contributed by atoms with E-state index in [4.69, 9.17) is 22.3 Å². The molecule has 2 aliphatic heterocycles. The molecule has 192 valence electrons. The van der Waals surface area contributed by atoms with Crippen LogP contribution in [0.1, 0.15) is 24.8 Å². The highest BCUT2D eigenvalue weighted by Gasteiger charge is 2.29. The number of aliphatic hydroxyl groups is 1. The molecule has 0 spiro atoms. The van der Waals surface area contributed by atoms with Gasteiger partial charge in [-0.15, -0.1) is 0 Å². The van der Waals surface area contributed by atoms with Gasteiger partial charge in [-0.05, 0) is 30.9 Å². The molecule has 2 aromatic heterocycles. The van der Waals surface area contributed by atoms with Crippen LogP contribution in [0.4, 0.5) is 5.95 Å². The number of aliphatic hydroxyl groups excluding tert-OH is 1. The summed E-state index contributed by atoms with van der Waals surface area (Å²) in [4.78, 5) is 48.1. The Balaban J connectivity index is 1.66. The molecule has 2 atom stereocenters. The first-order chi connectivity index (χ1) is 17.2. The fraction of sp³-hybridized carbons (Fsp3) is 0.500. The summed E-state index contributed by atoms with van der Waals surface area (Å²) in [5.41, 5.74) is 6.28. The highest BCUT2D eigenvalue weighted by atomic mass is 35.5. The van der Waals surface area contributed by atoms with E-state index in [0.29, 0.717) is 30.5 Å². The number of piperidine rings is 1. The number of aryl methyl sites for hydroxylation is 1. The largest absolute Gasteiger partial charge is 0.391 e. The Morgan fingerprint density at radius 1 is 1.17 bits per heavy atom. The smallest absolute Gasteiger partial charge is 0.332 e. The normalized spacial score (nSPS) is 20.4. The number of benzene rings is 1. The van der Waals surface area contributed by atoms with Gasteiger partial charge in [0.1, 0.15) is 6.54 Å². The molecule has 1 amide bonds. The van der Waals surface area contributed by atoms with Crippen LogP contribution in [0, 0.1) is 0 Å². The lowest BCUT2D eigenvalue weighted by molar-refractivity contribution is -0.131. The summed E-state index contributed by atoms with van der Waals surface area (Å²) >= 11 is 6.46. The van der Waals surface area contributed by atoms with Crippen molar-refractivity contribution in [1.29, 1.82) is 0 Å². The van der Waals surface area contributed by atoms with Gasteiger partial charge in [0.05, 0.1) is 12.6 Å². The molecule has 0 aliphatic carbocycles. The zero-order valence-corrected chi connectivity index (χ0v) is 20.9. The van der Waals surface area contributed by atoms with Crippen LogP contribution in [0.2, 0.25) is 5.02 Å². The van der Waals surface area contributed by atoms with Gasteiger partial charge >= 0.3 is 5.69 Å². The molecule has 1 aromatic carbocycles. The quantitative estimate of drug-likeness (QED) is 0.493. The number of amides is 1. The Hall–Kier alpha value is -3.15.